The quantitative estimate of drug-likeness (QED) is 0.535. The normalized spacial score (nSPS) is 11.6. The van der Waals surface area contributed by atoms with Crippen LogP contribution in [0.1, 0.15) is 12.5 Å². The van der Waals surface area contributed by atoms with E-state index in [1.54, 1.807) is 50.4 Å². The number of methoxy groups -OCH3 is 2. The number of hydrazone groups is 1. The highest BCUT2D eigenvalue weighted by Crippen LogP contribution is 2.21. The van der Waals surface area contributed by atoms with Gasteiger partial charge in [0, 0.05) is 0 Å². The van der Waals surface area contributed by atoms with Crippen LogP contribution in [0.25, 0.3) is 0 Å². The monoisotopic (exact) mass is 405 g/mol. The molecule has 0 bridgehead atoms. The van der Waals surface area contributed by atoms with Crippen molar-refractivity contribution in [1.82, 2.24) is 5.43 Å². The fraction of sp³-hybridized carbons (Fsp3) is 0.263. The van der Waals surface area contributed by atoms with Crippen LogP contribution in [0.3, 0.4) is 0 Å². The summed E-state index contributed by atoms with van der Waals surface area (Å²) in [5.74, 6) is 0.736. The smallest absolute Gasteiger partial charge is 0.260 e. The molecule has 0 aliphatic carbocycles. The van der Waals surface area contributed by atoms with E-state index in [0.717, 1.165) is 16.1 Å². The van der Waals surface area contributed by atoms with Crippen molar-refractivity contribution >= 4 is 27.3 Å². The SMILES string of the molecule is COc1ccc(/C(C)=N\NC(=O)CN(c2ccc(OC)cc2)S(C)(=O)=O)cc1. The number of carbonyl (C=O) groups is 1. The minimum Gasteiger partial charge on any atom is -0.497 e. The lowest BCUT2D eigenvalue weighted by Gasteiger charge is -2.21. The highest BCUT2D eigenvalue weighted by Gasteiger charge is 2.20. The molecule has 0 unspecified atom stereocenters. The van der Waals surface area contributed by atoms with E-state index in [1.807, 2.05) is 12.1 Å². The number of hydrogen-bond donors (Lipinski definition) is 1. The fourth-order valence-corrected chi connectivity index (χ4v) is 3.21. The Morgan fingerprint density at radius 1 is 1.00 bits per heavy atom. The van der Waals surface area contributed by atoms with Gasteiger partial charge < -0.3 is 9.47 Å². The summed E-state index contributed by atoms with van der Waals surface area (Å²) in [7, 11) is -0.572. The van der Waals surface area contributed by atoms with Crippen molar-refractivity contribution in [3.8, 4) is 11.5 Å². The minimum absolute atomic E-state index is 0.356. The van der Waals surface area contributed by atoms with Crippen LogP contribution in [0.4, 0.5) is 5.69 Å². The molecule has 0 aliphatic heterocycles. The van der Waals surface area contributed by atoms with Crippen LogP contribution in [-0.4, -0.2) is 47.1 Å². The van der Waals surface area contributed by atoms with Crippen molar-refractivity contribution in [2.45, 2.75) is 6.92 Å². The Hall–Kier alpha value is -3.07. The molecule has 28 heavy (non-hydrogen) atoms. The standard InChI is InChI=1S/C19H23N3O5S/c1-14(15-5-9-17(26-2)10-6-15)20-21-19(23)13-22(28(4,24)25)16-7-11-18(27-3)12-8-16/h5-12H,13H2,1-4H3,(H,21,23)/b20-14-. The van der Waals surface area contributed by atoms with Crippen LogP contribution in [0.5, 0.6) is 11.5 Å². The molecule has 8 nitrogen and oxygen atoms in total. The van der Waals surface area contributed by atoms with Crippen LogP contribution in [0.15, 0.2) is 53.6 Å². The van der Waals surface area contributed by atoms with Gasteiger partial charge in [0.25, 0.3) is 5.91 Å². The van der Waals surface area contributed by atoms with Gasteiger partial charge in [-0.05, 0) is 61.0 Å². The van der Waals surface area contributed by atoms with E-state index in [0.29, 0.717) is 22.9 Å². The lowest BCUT2D eigenvalue weighted by molar-refractivity contribution is -0.119. The summed E-state index contributed by atoms with van der Waals surface area (Å²) in [4.78, 5) is 12.3. The van der Waals surface area contributed by atoms with Gasteiger partial charge in [0.15, 0.2) is 0 Å². The third kappa shape index (κ3) is 5.71. The van der Waals surface area contributed by atoms with Crippen LogP contribution >= 0.6 is 0 Å². The van der Waals surface area contributed by atoms with E-state index >= 15 is 0 Å². The predicted octanol–water partition coefficient (Wildman–Crippen LogP) is 2.01. The number of ether oxygens (including phenoxy) is 2. The average Bonchev–Trinajstić information content (AvgIpc) is 2.69. The van der Waals surface area contributed by atoms with Gasteiger partial charge in [-0.25, -0.2) is 13.8 Å². The second-order valence-electron chi connectivity index (χ2n) is 5.93. The van der Waals surface area contributed by atoms with Gasteiger partial charge in [0.2, 0.25) is 10.0 Å². The Bertz CT molecular complexity index is 939. The van der Waals surface area contributed by atoms with E-state index in [9.17, 15) is 13.2 Å². The lowest BCUT2D eigenvalue weighted by Crippen LogP contribution is -2.39. The van der Waals surface area contributed by atoms with Crippen LogP contribution < -0.4 is 19.2 Å². The zero-order chi connectivity index (χ0) is 20.7. The Morgan fingerprint density at radius 2 is 1.50 bits per heavy atom. The number of carbonyl (C=O) groups excluding carboxylic acids is 1. The lowest BCUT2D eigenvalue weighted by atomic mass is 10.1. The Labute approximate surface area is 164 Å². The fourth-order valence-electron chi connectivity index (χ4n) is 2.36. The molecule has 0 atom stereocenters. The summed E-state index contributed by atoms with van der Waals surface area (Å²) in [6, 6.07) is 13.6. The zero-order valence-electron chi connectivity index (χ0n) is 16.2. The zero-order valence-corrected chi connectivity index (χ0v) is 17.0. The molecule has 2 aromatic carbocycles. The van der Waals surface area contributed by atoms with Crippen molar-refractivity contribution < 1.29 is 22.7 Å². The number of nitrogens with one attached hydrogen (secondary N) is 1. The second-order valence-corrected chi connectivity index (χ2v) is 7.84. The molecule has 9 heteroatoms. The maximum Gasteiger partial charge on any atom is 0.260 e. The summed E-state index contributed by atoms with van der Waals surface area (Å²) in [6.45, 7) is 1.34. The second kappa shape index (κ2) is 9.23. The van der Waals surface area contributed by atoms with Gasteiger partial charge in [-0.2, -0.15) is 5.10 Å². The molecule has 2 aromatic rings. The highest BCUT2D eigenvalue weighted by molar-refractivity contribution is 7.92. The number of benzene rings is 2. The van der Waals surface area contributed by atoms with E-state index in [1.165, 1.54) is 7.11 Å². The predicted molar refractivity (Wildman–Crippen MR) is 109 cm³/mol. The maximum atomic E-state index is 12.3. The third-order valence-electron chi connectivity index (χ3n) is 3.90. The largest absolute Gasteiger partial charge is 0.497 e. The molecule has 0 spiro atoms. The van der Waals surface area contributed by atoms with Crippen LogP contribution in [0.2, 0.25) is 0 Å². The van der Waals surface area contributed by atoms with Crippen LogP contribution in [-0.2, 0) is 14.8 Å². The van der Waals surface area contributed by atoms with Gasteiger partial charge in [-0.15, -0.1) is 0 Å². The first-order valence-electron chi connectivity index (χ1n) is 8.34. The maximum absolute atomic E-state index is 12.3. The first-order chi connectivity index (χ1) is 13.2. The molecule has 1 amide bonds. The van der Waals surface area contributed by atoms with E-state index < -0.39 is 22.5 Å². The molecular formula is C19H23N3O5S. The first-order valence-corrected chi connectivity index (χ1v) is 10.2. The highest BCUT2D eigenvalue weighted by atomic mass is 32.2. The number of hydrogen-bond acceptors (Lipinski definition) is 6. The molecule has 0 saturated carbocycles. The number of amides is 1. The number of anilines is 1. The summed E-state index contributed by atoms with van der Waals surface area (Å²) in [5.41, 5.74) is 4.12. The van der Waals surface area contributed by atoms with Crippen LogP contribution in [0, 0.1) is 0 Å². The van der Waals surface area contributed by atoms with Gasteiger partial charge in [0.05, 0.1) is 31.9 Å². The number of nitrogens with zero attached hydrogens (tertiary/aromatic N) is 2. The number of sulfonamides is 1. The summed E-state index contributed by atoms with van der Waals surface area (Å²) < 4.78 is 35.4. The van der Waals surface area contributed by atoms with Gasteiger partial charge in [-0.3, -0.25) is 9.10 Å². The third-order valence-corrected chi connectivity index (χ3v) is 5.04. The molecule has 0 heterocycles. The molecule has 0 radical (unpaired) electrons. The minimum atomic E-state index is -3.66. The molecule has 2 rings (SSSR count). The average molecular weight is 405 g/mol. The molecule has 0 fully saturated rings. The molecule has 0 saturated heterocycles. The van der Waals surface area contributed by atoms with Crippen molar-refractivity contribution in [3.05, 3.63) is 54.1 Å². The molecular weight excluding hydrogens is 382 g/mol. The molecule has 0 aliphatic rings. The Kier molecular flexibility index (Phi) is 7.00. The van der Waals surface area contributed by atoms with Crippen molar-refractivity contribution in [3.63, 3.8) is 0 Å². The number of rotatable bonds is 8. The van der Waals surface area contributed by atoms with E-state index in [4.69, 9.17) is 9.47 Å². The first kappa shape index (κ1) is 21.2. The topological polar surface area (TPSA) is 97.3 Å². The molecule has 150 valence electrons. The summed E-state index contributed by atoms with van der Waals surface area (Å²) in [5, 5.41) is 4.04. The van der Waals surface area contributed by atoms with E-state index in [-0.39, 0.29) is 0 Å². The van der Waals surface area contributed by atoms with Crippen molar-refractivity contribution in [2.24, 2.45) is 5.10 Å². The Balaban J connectivity index is 2.10. The molecule has 0 aromatic heterocycles. The van der Waals surface area contributed by atoms with Gasteiger partial charge in [-0.1, -0.05) is 0 Å². The summed E-state index contributed by atoms with van der Waals surface area (Å²) in [6.07, 6.45) is 1.04. The summed E-state index contributed by atoms with van der Waals surface area (Å²) >= 11 is 0. The van der Waals surface area contributed by atoms with Crippen molar-refractivity contribution in [1.29, 1.82) is 0 Å². The van der Waals surface area contributed by atoms with Gasteiger partial charge >= 0.3 is 0 Å². The van der Waals surface area contributed by atoms with Gasteiger partial charge in [0.1, 0.15) is 18.0 Å². The molecule has 1 N–H and O–H groups in total. The van der Waals surface area contributed by atoms with E-state index in [2.05, 4.69) is 10.5 Å². The van der Waals surface area contributed by atoms with Crippen molar-refractivity contribution in [2.75, 3.05) is 31.3 Å². The Morgan fingerprint density at radius 3 is 1.96 bits per heavy atom.